The zero-order valence-corrected chi connectivity index (χ0v) is 15.9. The van der Waals surface area contributed by atoms with Gasteiger partial charge < -0.3 is 10.6 Å². The second-order valence-corrected chi connectivity index (χ2v) is 7.49. The van der Waals surface area contributed by atoms with Crippen LogP contribution in [-0.4, -0.2) is 18.4 Å². The third-order valence-electron chi connectivity index (χ3n) is 5.02. The number of benzene rings is 1. The average molecular weight is 342 g/mol. The van der Waals surface area contributed by atoms with E-state index in [1.165, 1.54) is 24.0 Å². The molecule has 136 valence electrons. The van der Waals surface area contributed by atoms with Gasteiger partial charge in [0.25, 0.3) is 0 Å². The van der Waals surface area contributed by atoms with Gasteiger partial charge in [0.15, 0.2) is 0 Å². The molecule has 4 heteroatoms. The summed E-state index contributed by atoms with van der Waals surface area (Å²) in [6.07, 6.45) is 7.94. The van der Waals surface area contributed by atoms with E-state index in [1.807, 2.05) is 32.0 Å². The topological polar surface area (TPSA) is 58.2 Å². The minimum atomic E-state index is -1.11. The van der Waals surface area contributed by atoms with Crippen molar-refractivity contribution in [1.29, 1.82) is 0 Å². The van der Waals surface area contributed by atoms with E-state index in [0.717, 1.165) is 30.5 Å². The standard InChI is InChI=1S/C21H30N2O2/c1-15-10-11-18(14-16(15)2)23-20(25)21(3,4)19(24)22-13-12-17-8-6-5-7-9-17/h8,10-11,14H,5-7,9,12-13H2,1-4H3,(H,22,24)(H,23,25). The quantitative estimate of drug-likeness (QED) is 0.599. The first kappa shape index (κ1) is 19.2. The smallest absolute Gasteiger partial charge is 0.239 e. The van der Waals surface area contributed by atoms with Gasteiger partial charge in [0.2, 0.25) is 11.8 Å². The summed E-state index contributed by atoms with van der Waals surface area (Å²) in [5, 5.41) is 5.78. The van der Waals surface area contributed by atoms with Gasteiger partial charge in [0.1, 0.15) is 5.41 Å². The molecule has 0 saturated heterocycles. The Balaban J connectivity index is 1.89. The molecule has 0 aromatic heterocycles. The van der Waals surface area contributed by atoms with Gasteiger partial charge in [0.05, 0.1) is 0 Å². The lowest BCUT2D eigenvalue weighted by Crippen LogP contribution is -2.45. The lowest BCUT2D eigenvalue weighted by Gasteiger charge is -2.23. The van der Waals surface area contributed by atoms with Crippen molar-refractivity contribution in [2.75, 3.05) is 11.9 Å². The largest absolute Gasteiger partial charge is 0.355 e. The number of aryl methyl sites for hydroxylation is 2. The number of carbonyl (C=O) groups is 2. The van der Waals surface area contributed by atoms with Gasteiger partial charge in [-0.15, -0.1) is 0 Å². The molecule has 0 unspecified atom stereocenters. The molecule has 0 atom stereocenters. The number of hydrogen-bond donors (Lipinski definition) is 2. The minimum absolute atomic E-state index is 0.231. The van der Waals surface area contributed by atoms with E-state index in [4.69, 9.17) is 0 Å². The summed E-state index contributed by atoms with van der Waals surface area (Å²) in [5.74, 6) is -0.518. The van der Waals surface area contributed by atoms with Crippen LogP contribution in [0.2, 0.25) is 0 Å². The van der Waals surface area contributed by atoms with Gasteiger partial charge in [-0.05, 0) is 83.1 Å². The number of allylic oxidation sites excluding steroid dienone is 1. The van der Waals surface area contributed by atoms with E-state index in [1.54, 1.807) is 13.8 Å². The minimum Gasteiger partial charge on any atom is -0.355 e. The van der Waals surface area contributed by atoms with Crippen molar-refractivity contribution in [2.45, 2.75) is 59.8 Å². The number of carbonyl (C=O) groups excluding carboxylic acids is 2. The maximum absolute atomic E-state index is 12.6. The Kier molecular flexibility index (Phi) is 6.40. The zero-order valence-electron chi connectivity index (χ0n) is 15.9. The maximum atomic E-state index is 12.6. The van der Waals surface area contributed by atoms with E-state index in [2.05, 4.69) is 16.7 Å². The second kappa shape index (κ2) is 8.32. The molecule has 2 rings (SSSR count). The molecule has 25 heavy (non-hydrogen) atoms. The molecule has 0 aliphatic heterocycles. The molecule has 0 bridgehead atoms. The number of nitrogens with one attached hydrogen (secondary N) is 2. The predicted molar refractivity (Wildman–Crippen MR) is 103 cm³/mol. The van der Waals surface area contributed by atoms with Crippen LogP contribution in [0.15, 0.2) is 29.8 Å². The first-order valence-corrected chi connectivity index (χ1v) is 9.15. The molecule has 1 aliphatic rings. The van der Waals surface area contributed by atoms with E-state index >= 15 is 0 Å². The van der Waals surface area contributed by atoms with Crippen molar-refractivity contribution in [2.24, 2.45) is 5.41 Å². The zero-order chi connectivity index (χ0) is 18.4. The Labute approximate surface area is 151 Å². The van der Waals surface area contributed by atoms with Crippen LogP contribution in [0, 0.1) is 19.3 Å². The SMILES string of the molecule is Cc1ccc(NC(=O)C(C)(C)C(=O)NCCC2=CCCCC2)cc1C. The van der Waals surface area contributed by atoms with Crippen LogP contribution in [-0.2, 0) is 9.59 Å². The molecule has 0 heterocycles. The number of hydrogen-bond acceptors (Lipinski definition) is 2. The highest BCUT2D eigenvalue weighted by atomic mass is 16.2. The van der Waals surface area contributed by atoms with Crippen molar-refractivity contribution in [1.82, 2.24) is 5.32 Å². The summed E-state index contributed by atoms with van der Waals surface area (Å²) in [6, 6.07) is 5.76. The molecular weight excluding hydrogens is 312 g/mol. The molecule has 0 saturated carbocycles. The van der Waals surface area contributed by atoms with Gasteiger partial charge in [0, 0.05) is 12.2 Å². The molecule has 2 N–H and O–H groups in total. The Hall–Kier alpha value is -2.10. The summed E-state index contributed by atoms with van der Waals surface area (Å²) in [5.41, 5.74) is 3.32. The summed E-state index contributed by atoms with van der Waals surface area (Å²) in [4.78, 5) is 25.0. The average Bonchev–Trinajstić information content (AvgIpc) is 2.59. The van der Waals surface area contributed by atoms with Gasteiger partial charge >= 0.3 is 0 Å². The predicted octanol–water partition coefficient (Wildman–Crippen LogP) is 4.27. The van der Waals surface area contributed by atoms with E-state index < -0.39 is 5.41 Å². The fourth-order valence-electron chi connectivity index (χ4n) is 2.90. The van der Waals surface area contributed by atoms with E-state index in [0.29, 0.717) is 6.54 Å². The molecular formula is C21H30N2O2. The number of rotatable bonds is 6. The van der Waals surface area contributed by atoms with Gasteiger partial charge in [-0.3, -0.25) is 9.59 Å². The van der Waals surface area contributed by atoms with Crippen LogP contribution >= 0.6 is 0 Å². The third-order valence-corrected chi connectivity index (χ3v) is 5.02. The van der Waals surface area contributed by atoms with E-state index in [9.17, 15) is 9.59 Å². The first-order chi connectivity index (χ1) is 11.8. The molecule has 2 amide bonds. The van der Waals surface area contributed by atoms with Crippen molar-refractivity contribution in [3.63, 3.8) is 0 Å². The van der Waals surface area contributed by atoms with Crippen LogP contribution < -0.4 is 10.6 Å². The highest BCUT2D eigenvalue weighted by Crippen LogP contribution is 2.22. The van der Waals surface area contributed by atoms with Gasteiger partial charge in [-0.1, -0.05) is 17.7 Å². The first-order valence-electron chi connectivity index (χ1n) is 9.15. The van der Waals surface area contributed by atoms with Gasteiger partial charge in [-0.2, -0.15) is 0 Å². The molecule has 1 aliphatic carbocycles. The Morgan fingerprint density at radius 3 is 2.48 bits per heavy atom. The summed E-state index contributed by atoms with van der Waals surface area (Å²) in [7, 11) is 0. The molecule has 4 nitrogen and oxygen atoms in total. The monoisotopic (exact) mass is 342 g/mol. The molecule has 0 spiro atoms. The van der Waals surface area contributed by atoms with Crippen molar-refractivity contribution in [3.05, 3.63) is 41.0 Å². The Morgan fingerprint density at radius 2 is 1.84 bits per heavy atom. The lowest BCUT2D eigenvalue weighted by atomic mass is 9.90. The maximum Gasteiger partial charge on any atom is 0.239 e. The van der Waals surface area contributed by atoms with Crippen LogP contribution in [0.5, 0.6) is 0 Å². The summed E-state index contributed by atoms with van der Waals surface area (Å²) >= 11 is 0. The van der Waals surface area contributed by atoms with Crippen molar-refractivity contribution < 1.29 is 9.59 Å². The van der Waals surface area contributed by atoms with Crippen molar-refractivity contribution in [3.8, 4) is 0 Å². The Morgan fingerprint density at radius 1 is 1.08 bits per heavy atom. The highest BCUT2D eigenvalue weighted by Gasteiger charge is 2.35. The second-order valence-electron chi connectivity index (χ2n) is 7.49. The lowest BCUT2D eigenvalue weighted by molar-refractivity contribution is -0.138. The van der Waals surface area contributed by atoms with Crippen LogP contribution in [0.1, 0.15) is 57.1 Å². The fraction of sp³-hybridized carbons (Fsp3) is 0.524. The molecule has 1 aromatic rings. The van der Waals surface area contributed by atoms with Crippen LogP contribution in [0.4, 0.5) is 5.69 Å². The molecule has 1 aromatic carbocycles. The van der Waals surface area contributed by atoms with Crippen LogP contribution in [0.25, 0.3) is 0 Å². The third kappa shape index (κ3) is 5.18. The van der Waals surface area contributed by atoms with Crippen LogP contribution in [0.3, 0.4) is 0 Å². The van der Waals surface area contributed by atoms with Gasteiger partial charge in [-0.25, -0.2) is 0 Å². The normalized spacial score (nSPS) is 14.6. The summed E-state index contributed by atoms with van der Waals surface area (Å²) < 4.78 is 0. The van der Waals surface area contributed by atoms with Crippen molar-refractivity contribution >= 4 is 17.5 Å². The summed E-state index contributed by atoms with van der Waals surface area (Å²) in [6.45, 7) is 7.95. The highest BCUT2D eigenvalue weighted by molar-refractivity contribution is 6.09. The molecule has 0 fully saturated rings. The number of anilines is 1. The Bertz CT molecular complexity index is 674. The number of amides is 2. The fourth-order valence-corrected chi connectivity index (χ4v) is 2.90. The molecule has 0 radical (unpaired) electrons. The van der Waals surface area contributed by atoms with E-state index in [-0.39, 0.29) is 11.8 Å².